The zero-order valence-electron chi connectivity index (χ0n) is 21.0. The first-order chi connectivity index (χ1) is 16.5. The van der Waals surface area contributed by atoms with E-state index in [9.17, 15) is 30.3 Å². The maximum atomic E-state index is 12.1. The molecule has 1 heterocycles. The van der Waals surface area contributed by atoms with Crippen LogP contribution in [0.3, 0.4) is 0 Å². The van der Waals surface area contributed by atoms with Gasteiger partial charge in [0, 0.05) is 12.3 Å². The van der Waals surface area contributed by atoms with Gasteiger partial charge in [0.2, 0.25) is 0 Å². The zero-order valence-corrected chi connectivity index (χ0v) is 21.0. The van der Waals surface area contributed by atoms with Crippen molar-refractivity contribution in [3.63, 3.8) is 0 Å². The molecule has 3 saturated carbocycles. The molecule has 8 nitrogen and oxygen atoms in total. The molecule has 8 heteroatoms. The van der Waals surface area contributed by atoms with E-state index >= 15 is 0 Å². The van der Waals surface area contributed by atoms with Gasteiger partial charge in [0.1, 0.15) is 24.4 Å². The average Bonchev–Trinajstić information content (AvgIpc) is 3.09. The Morgan fingerprint density at radius 3 is 2.51 bits per heavy atom. The molecule has 35 heavy (non-hydrogen) atoms. The van der Waals surface area contributed by atoms with Crippen LogP contribution >= 0.6 is 0 Å². The number of fused-ring (bicyclic) bond motifs is 5. The van der Waals surface area contributed by atoms with Crippen LogP contribution in [-0.2, 0) is 14.3 Å². The standard InChI is InChI=1S/C27H42O8/c1-13(34-25-24(33)23(32)22(31)20(12-28)35-25)21-19(30)11-18-16-5-4-14-10-15(29)6-8-26(14,2)17(16)7-9-27(18,21)3/h10,13,16-25,28,30-33H,4-9,11-12H2,1-3H3. The van der Waals surface area contributed by atoms with E-state index in [4.69, 9.17) is 9.47 Å². The molecule has 4 aliphatic carbocycles. The summed E-state index contributed by atoms with van der Waals surface area (Å²) in [5.74, 6) is 1.44. The van der Waals surface area contributed by atoms with Gasteiger partial charge in [-0.25, -0.2) is 0 Å². The number of aliphatic hydroxyl groups is 5. The number of hydrogen-bond donors (Lipinski definition) is 5. The van der Waals surface area contributed by atoms with Gasteiger partial charge in [0.25, 0.3) is 0 Å². The molecule has 0 amide bonds. The third-order valence-electron chi connectivity index (χ3n) is 10.8. The number of ketones is 1. The first-order valence-corrected chi connectivity index (χ1v) is 13.4. The molecule has 0 radical (unpaired) electrons. The minimum absolute atomic E-state index is 0.0691. The Labute approximate surface area is 207 Å². The van der Waals surface area contributed by atoms with Gasteiger partial charge in [-0.15, -0.1) is 0 Å². The van der Waals surface area contributed by atoms with Crippen molar-refractivity contribution in [1.82, 2.24) is 0 Å². The van der Waals surface area contributed by atoms with Crippen molar-refractivity contribution >= 4 is 5.78 Å². The molecular formula is C27H42O8. The van der Waals surface area contributed by atoms with E-state index in [0.717, 1.165) is 32.1 Å². The predicted octanol–water partition coefficient (Wildman–Crippen LogP) is 1.31. The Bertz CT molecular complexity index is 858. The van der Waals surface area contributed by atoms with Crippen molar-refractivity contribution in [1.29, 1.82) is 0 Å². The van der Waals surface area contributed by atoms with Gasteiger partial charge in [0.15, 0.2) is 12.1 Å². The van der Waals surface area contributed by atoms with Crippen LogP contribution in [0.25, 0.3) is 0 Å². The highest BCUT2D eigenvalue weighted by Gasteiger charge is 2.62. The molecule has 5 aliphatic rings. The lowest BCUT2D eigenvalue weighted by Crippen LogP contribution is -2.60. The van der Waals surface area contributed by atoms with Crippen LogP contribution in [-0.4, -0.2) is 80.8 Å². The highest BCUT2D eigenvalue weighted by molar-refractivity contribution is 5.91. The number of allylic oxidation sites excluding steroid dienone is 1. The van der Waals surface area contributed by atoms with Crippen molar-refractivity contribution < 1.29 is 39.8 Å². The third-order valence-corrected chi connectivity index (χ3v) is 10.8. The lowest BCUT2D eigenvalue weighted by molar-refractivity contribution is -0.317. The number of hydrogen-bond acceptors (Lipinski definition) is 8. The molecule has 5 N–H and O–H groups in total. The lowest BCUT2D eigenvalue weighted by Gasteiger charge is -2.58. The molecular weight excluding hydrogens is 452 g/mol. The summed E-state index contributed by atoms with van der Waals surface area (Å²) in [7, 11) is 0. The molecule has 0 aromatic heterocycles. The molecule has 4 fully saturated rings. The molecule has 0 aromatic rings. The maximum Gasteiger partial charge on any atom is 0.186 e. The van der Waals surface area contributed by atoms with Gasteiger partial charge < -0.3 is 35.0 Å². The van der Waals surface area contributed by atoms with Crippen molar-refractivity contribution in [2.24, 2.45) is 34.5 Å². The second-order valence-corrected chi connectivity index (χ2v) is 12.4. The Kier molecular flexibility index (Phi) is 6.74. The Morgan fingerprint density at radius 2 is 1.80 bits per heavy atom. The summed E-state index contributed by atoms with van der Waals surface area (Å²) in [5.41, 5.74) is 1.25. The first kappa shape index (κ1) is 25.8. The van der Waals surface area contributed by atoms with Gasteiger partial charge in [-0.05, 0) is 80.1 Å². The highest BCUT2D eigenvalue weighted by atomic mass is 16.7. The lowest BCUT2D eigenvalue weighted by atomic mass is 9.46. The van der Waals surface area contributed by atoms with Crippen LogP contribution in [0.2, 0.25) is 0 Å². The van der Waals surface area contributed by atoms with E-state index < -0.39 is 49.5 Å². The van der Waals surface area contributed by atoms with Crippen LogP contribution in [0.1, 0.15) is 65.7 Å². The maximum absolute atomic E-state index is 12.1. The van der Waals surface area contributed by atoms with Gasteiger partial charge in [0.05, 0.1) is 18.8 Å². The zero-order chi connectivity index (χ0) is 25.3. The molecule has 0 spiro atoms. The summed E-state index contributed by atoms with van der Waals surface area (Å²) in [6.45, 7) is 5.98. The molecule has 198 valence electrons. The number of rotatable bonds is 4. The number of ether oxygens (including phenoxy) is 2. The Morgan fingerprint density at radius 1 is 1.06 bits per heavy atom. The van der Waals surface area contributed by atoms with Gasteiger partial charge in [-0.2, -0.15) is 0 Å². The average molecular weight is 495 g/mol. The topological polar surface area (TPSA) is 137 Å². The summed E-state index contributed by atoms with van der Waals surface area (Å²) < 4.78 is 11.7. The van der Waals surface area contributed by atoms with Crippen LogP contribution in [0.4, 0.5) is 0 Å². The molecule has 1 aliphatic heterocycles. The van der Waals surface area contributed by atoms with E-state index in [1.165, 1.54) is 5.57 Å². The molecule has 13 atom stereocenters. The number of carbonyl (C=O) groups is 1. The largest absolute Gasteiger partial charge is 0.394 e. The summed E-state index contributed by atoms with van der Waals surface area (Å²) in [6, 6.07) is 0. The van der Waals surface area contributed by atoms with E-state index in [1.54, 1.807) is 0 Å². The van der Waals surface area contributed by atoms with E-state index in [-0.39, 0.29) is 22.5 Å². The van der Waals surface area contributed by atoms with E-state index in [2.05, 4.69) is 13.8 Å². The van der Waals surface area contributed by atoms with Crippen LogP contribution < -0.4 is 0 Å². The fourth-order valence-electron chi connectivity index (χ4n) is 8.94. The monoisotopic (exact) mass is 494 g/mol. The van der Waals surface area contributed by atoms with Gasteiger partial charge in [-0.3, -0.25) is 4.79 Å². The summed E-state index contributed by atoms with van der Waals surface area (Å²) in [6.07, 6.45) is 0.564. The SMILES string of the molecule is CC(OC1OC(CO)C(O)C(O)C1O)C1C(O)CC2C3CCC4=CC(=O)CCC4(C)C3CCC21C. The fraction of sp³-hybridized carbons (Fsp3) is 0.889. The minimum Gasteiger partial charge on any atom is -0.394 e. The second-order valence-electron chi connectivity index (χ2n) is 12.4. The smallest absolute Gasteiger partial charge is 0.186 e. The van der Waals surface area contributed by atoms with Crippen LogP contribution in [0.15, 0.2) is 11.6 Å². The number of aliphatic hydroxyl groups excluding tert-OH is 5. The number of carbonyl (C=O) groups excluding carboxylic acids is 1. The summed E-state index contributed by atoms with van der Waals surface area (Å²) in [4.78, 5) is 12.1. The quantitative estimate of drug-likeness (QED) is 0.395. The first-order valence-electron chi connectivity index (χ1n) is 13.4. The van der Waals surface area contributed by atoms with Gasteiger partial charge in [-0.1, -0.05) is 19.4 Å². The second kappa shape index (κ2) is 9.15. The molecule has 0 aromatic carbocycles. The Balaban J connectivity index is 1.34. The normalized spacial score (nSPS) is 52.8. The van der Waals surface area contributed by atoms with Crippen molar-refractivity contribution in [3.8, 4) is 0 Å². The molecule has 5 rings (SSSR count). The molecule has 13 unspecified atom stereocenters. The van der Waals surface area contributed by atoms with Crippen molar-refractivity contribution in [3.05, 3.63) is 11.6 Å². The van der Waals surface area contributed by atoms with Gasteiger partial charge >= 0.3 is 0 Å². The van der Waals surface area contributed by atoms with Crippen molar-refractivity contribution in [2.45, 2.75) is 109 Å². The molecule has 0 bridgehead atoms. The van der Waals surface area contributed by atoms with Crippen LogP contribution in [0, 0.1) is 34.5 Å². The fourth-order valence-corrected chi connectivity index (χ4v) is 8.94. The van der Waals surface area contributed by atoms with Crippen LogP contribution in [0.5, 0.6) is 0 Å². The van der Waals surface area contributed by atoms with Crippen molar-refractivity contribution in [2.75, 3.05) is 6.61 Å². The summed E-state index contributed by atoms with van der Waals surface area (Å²) in [5, 5.41) is 51.5. The Hall–Kier alpha value is -0.870. The highest BCUT2D eigenvalue weighted by Crippen LogP contribution is 2.67. The third kappa shape index (κ3) is 3.95. The minimum atomic E-state index is -1.49. The van der Waals surface area contributed by atoms with E-state index in [0.29, 0.717) is 30.6 Å². The molecule has 1 saturated heterocycles. The summed E-state index contributed by atoms with van der Waals surface area (Å²) >= 11 is 0. The van der Waals surface area contributed by atoms with E-state index in [1.807, 2.05) is 13.0 Å². The predicted molar refractivity (Wildman–Crippen MR) is 126 cm³/mol.